The molecule has 1 aliphatic heterocycles. The van der Waals surface area contributed by atoms with Crippen molar-refractivity contribution in [1.29, 1.82) is 0 Å². The van der Waals surface area contributed by atoms with Crippen molar-refractivity contribution in [3.05, 3.63) is 16.2 Å². The molecule has 0 radical (unpaired) electrons. The minimum atomic E-state index is 0.554. The zero-order valence-electron chi connectivity index (χ0n) is 10.7. The molecule has 4 heteroatoms. The SMILES string of the molecule is Cc1c(N)cnc(N2CC(C)CCC2C)c1Br. The zero-order chi connectivity index (χ0) is 12.6. The number of nitrogen functional groups attached to an aromatic ring is 1. The molecular formula is C13H20BrN3. The van der Waals surface area contributed by atoms with E-state index in [0.717, 1.165) is 34.0 Å². The van der Waals surface area contributed by atoms with E-state index in [2.05, 4.69) is 39.7 Å². The standard InChI is InChI=1S/C13H20BrN3/c1-8-4-5-9(2)17(7-8)13-12(14)10(3)11(15)6-16-13/h6,8-9H,4-5,7,15H2,1-3H3. The van der Waals surface area contributed by atoms with Gasteiger partial charge in [0.1, 0.15) is 5.82 Å². The van der Waals surface area contributed by atoms with E-state index >= 15 is 0 Å². The van der Waals surface area contributed by atoms with E-state index in [1.165, 1.54) is 12.8 Å². The molecule has 0 saturated carbocycles. The minimum absolute atomic E-state index is 0.554. The van der Waals surface area contributed by atoms with Gasteiger partial charge in [-0.3, -0.25) is 0 Å². The second kappa shape index (κ2) is 4.84. The van der Waals surface area contributed by atoms with E-state index in [4.69, 9.17) is 5.73 Å². The molecule has 0 amide bonds. The van der Waals surface area contributed by atoms with Crippen molar-refractivity contribution in [1.82, 2.24) is 4.98 Å². The van der Waals surface area contributed by atoms with Gasteiger partial charge in [0.15, 0.2) is 0 Å². The summed E-state index contributed by atoms with van der Waals surface area (Å²) in [5.74, 6) is 1.77. The maximum Gasteiger partial charge on any atom is 0.143 e. The lowest BCUT2D eigenvalue weighted by molar-refractivity contribution is 0.387. The summed E-state index contributed by atoms with van der Waals surface area (Å²) in [5, 5.41) is 0. The third-order valence-corrected chi connectivity index (χ3v) is 4.62. The van der Waals surface area contributed by atoms with Crippen LogP contribution in [0.3, 0.4) is 0 Å². The average Bonchev–Trinajstić information content (AvgIpc) is 2.30. The van der Waals surface area contributed by atoms with E-state index in [0.29, 0.717) is 6.04 Å². The van der Waals surface area contributed by atoms with Gasteiger partial charge in [-0.2, -0.15) is 0 Å². The van der Waals surface area contributed by atoms with Gasteiger partial charge in [-0.15, -0.1) is 0 Å². The van der Waals surface area contributed by atoms with Gasteiger partial charge >= 0.3 is 0 Å². The molecule has 1 aromatic rings. The minimum Gasteiger partial charge on any atom is -0.397 e. The maximum atomic E-state index is 5.87. The molecular weight excluding hydrogens is 278 g/mol. The van der Waals surface area contributed by atoms with Crippen molar-refractivity contribution in [3.8, 4) is 0 Å². The molecule has 2 N–H and O–H groups in total. The van der Waals surface area contributed by atoms with Crippen molar-refractivity contribution < 1.29 is 0 Å². The molecule has 1 aromatic heterocycles. The third kappa shape index (κ3) is 2.41. The first kappa shape index (κ1) is 12.7. The van der Waals surface area contributed by atoms with E-state index < -0.39 is 0 Å². The number of hydrogen-bond donors (Lipinski definition) is 1. The Kier molecular flexibility index (Phi) is 3.61. The van der Waals surface area contributed by atoms with Gasteiger partial charge in [-0.05, 0) is 54.1 Å². The molecule has 2 atom stereocenters. The molecule has 1 aliphatic rings. The number of hydrogen-bond acceptors (Lipinski definition) is 3. The molecule has 0 aliphatic carbocycles. The largest absolute Gasteiger partial charge is 0.397 e. The Hall–Kier alpha value is -0.770. The number of halogens is 1. The average molecular weight is 298 g/mol. The molecule has 0 bridgehead atoms. The molecule has 0 spiro atoms. The van der Waals surface area contributed by atoms with Gasteiger partial charge in [0.05, 0.1) is 16.4 Å². The lowest BCUT2D eigenvalue weighted by atomic mass is 9.95. The second-order valence-corrected chi connectivity index (χ2v) is 5.95. The number of nitrogens with two attached hydrogens (primary N) is 1. The van der Waals surface area contributed by atoms with Crippen LogP contribution < -0.4 is 10.6 Å². The number of aromatic nitrogens is 1. The first-order valence-electron chi connectivity index (χ1n) is 6.18. The van der Waals surface area contributed by atoms with Crippen LogP contribution in [0.25, 0.3) is 0 Å². The lowest BCUT2D eigenvalue weighted by Crippen LogP contribution is -2.41. The predicted octanol–water partition coefficient (Wildman–Crippen LogP) is 3.36. The Morgan fingerprint density at radius 1 is 1.41 bits per heavy atom. The summed E-state index contributed by atoms with van der Waals surface area (Å²) in [6.45, 7) is 7.68. The quantitative estimate of drug-likeness (QED) is 0.864. The summed E-state index contributed by atoms with van der Waals surface area (Å²) in [7, 11) is 0. The molecule has 2 unspecified atom stereocenters. The number of nitrogens with zero attached hydrogens (tertiary/aromatic N) is 2. The van der Waals surface area contributed by atoms with Crippen LogP contribution in [-0.4, -0.2) is 17.6 Å². The van der Waals surface area contributed by atoms with Gasteiger partial charge in [-0.1, -0.05) is 6.92 Å². The number of anilines is 2. The molecule has 94 valence electrons. The maximum absolute atomic E-state index is 5.87. The third-order valence-electron chi connectivity index (χ3n) is 3.67. The fourth-order valence-electron chi connectivity index (χ4n) is 2.36. The highest BCUT2D eigenvalue weighted by Gasteiger charge is 2.26. The van der Waals surface area contributed by atoms with Gasteiger partial charge in [0.2, 0.25) is 0 Å². The normalized spacial score (nSPS) is 25.1. The van der Waals surface area contributed by atoms with Crippen LogP contribution in [0.2, 0.25) is 0 Å². The Bertz CT molecular complexity index is 419. The molecule has 17 heavy (non-hydrogen) atoms. The first-order chi connectivity index (χ1) is 8.00. The highest BCUT2D eigenvalue weighted by molar-refractivity contribution is 9.10. The van der Waals surface area contributed by atoms with Crippen LogP contribution in [0.15, 0.2) is 10.7 Å². The van der Waals surface area contributed by atoms with Gasteiger partial charge < -0.3 is 10.6 Å². The first-order valence-corrected chi connectivity index (χ1v) is 6.97. The highest BCUT2D eigenvalue weighted by atomic mass is 79.9. The van der Waals surface area contributed by atoms with E-state index in [9.17, 15) is 0 Å². The number of piperidine rings is 1. The fraction of sp³-hybridized carbons (Fsp3) is 0.615. The van der Waals surface area contributed by atoms with E-state index in [1.54, 1.807) is 6.20 Å². The van der Waals surface area contributed by atoms with Crippen LogP contribution in [0, 0.1) is 12.8 Å². The molecule has 1 saturated heterocycles. The summed E-state index contributed by atoms with van der Waals surface area (Å²) in [6.07, 6.45) is 4.31. The van der Waals surface area contributed by atoms with Gasteiger partial charge in [-0.25, -0.2) is 4.98 Å². The Balaban J connectivity index is 2.36. The smallest absolute Gasteiger partial charge is 0.143 e. The van der Waals surface area contributed by atoms with Crippen molar-refractivity contribution in [3.63, 3.8) is 0 Å². The van der Waals surface area contributed by atoms with Crippen LogP contribution in [-0.2, 0) is 0 Å². The van der Waals surface area contributed by atoms with Crippen molar-refractivity contribution in [2.24, 2.45) is 5.92 Å². The molecule has 1 fully saturated rings. The van der Waals surface area contributed by atoms with Crippen LogP contribution in [0.1, 0.15) is 32.3 Å². The van der Waals surface area contributed by atoms with Crippen LogP contribution in [0.4, 0.5) is 11.5 Å². The zero-order valence-corrected chi connectivity index (χ0v) is 12.3. The monoisotopic (exact) mass is 297 g/mol. The number of pyridine rings is 1. The summed E-state index contributed by atoms with van der Waals surface area (Å²) >= 11 is 3.63. The molecule has 2 rings (SSSR count). The highest BCUT2D eigenvalue weighted by Crippen LogP contribution is 2.34. The second-order valence-electron chi connectivity index (χ2n) is 5.16. The summed E-state index contributed by atoms with van der Waals surface area (Å²) in [4.78, 5) is 6.89. The van der Waals surface area contributed by atoms with Crippen molar-refractivity contribution in [2.45, 2.75) is 39.7 Å². The fourth-order valence-corrected chi connectivity index (χ4v) is 2.92. The Morgan fingerprint density at radius 3 is 2.82 bits per heavy atom. The molecule has 3 nitrogen and oxygen atoms in total. The molecule has 0 aromatic carbocycles. The summed E-state index contributed by atoms with van der Waals surface area (Å²) in [5.41, 5.74) is 7.70. The topological polar surface area (TPSA) is 42.1 Å². The van der Waals surface area contributed by atoms with E-state index in [-0.39, 0.29) is 0 Å². The Morgan fingerprint density at radius 2 is 2.12 bits per heavy atom. The van der Waals surface area contributed by atoms with E-state index in [1.807, 2.05) is 6.92 Å². The molecule has 2 heterocycles. The van der Waals surface area contributed by atoms with Crippen LogP contribution >= 0.6 is 15.9 Å². The number of rotatable bonds is 1. The van der Waals surface area contributed by atoms with Crippen LogP contribution in [0.5, 0.6) is 0 Å². The lowest BCUT2D eigenvalue weighted by Gasteiger charge is -2.38. The van der Waals surface area contributed by atoms with Gasteiger partial charge in [0, 0.05) is 12.6 Å². The Labute approximate surface area is 112 Å². The predicted molar refractivity (Wildman–Crippen MR) is 76.3 cm³/mol. The van der Waals surface area contributed by atoms with Crippen molar-refractivity contribution in [2.75, 3.05) is 17.2 Å². The summed E-state index contributed by atoms with van der Waals surface area (Å²) in [6, 6.07) is 0.554. The summed E-state index contributed by atoms with van der Waals surface area (Å²) < 4.78 is 1.04. The van der Waals surface area contributed by atoms with Crippen molar-refractivity contribution >= 4 is 27.4 Å². The van der Waals surface area contributed by atoms with Gasteiger partial charge in [0.25, 0.3) is 0 Å².